The van der Waals surface area contributed by atoms with E-state index < -0.39 is 0 Å². The Morgan fingerprint density at radius 2 is 1.71 bits per heavy atom. The van der Waals surface area contributed by atoms with Gasteiger partial charge < -0.3 is 15.1 Å². The van der Waals surface area contributed by atoms with Gasteiger partial charge in [0.25, 0.3) is 0 Å². The zero-order valence-corrected chi connectivity index (χ0v) is 17.9. The average Bonchev–Trinajstić information content (AvgIpc) is 3.56. The first-order valence-electron chi connectivity index (χ1n) is 11.3. The standard InChI is InChI=1S/C24H37N3O/c1-24(2,20-8-9-20)16-18-6-10-21(11-7-18)25-23(28)26(3)22-12-14-27(15-13-22)17-19-4-5-19/h6-7,10-11,19-20,22H,4-5,8-9,12-17H2,1-3H3,(H,25,28). The van der Waals surface area contributed by atoms with Crippen molar-refractivity contribution in [1.82, 2.24) is 9.80 Å². The number of nitrogens with zero attached hydrogens (tertiary/aromatic N) is 2. The quantitative estimate of drug-likeness (QED) is 0.719. The highest BCUT2D eigenvalue weighted by atomic mass is 16.2. The van der Waals surface area contributed by atoms with Crippen molar-refractivity contribution in [2.75, 3.05) is 32.0 Å². The molecule has 0 atom stereocenters. The summed E-state index contributed by atoms with van der Waals surface area (Å²) in [5.74, 6) is 1.84. The molecule has 1 N–H and O–H groups in total. The summed E-state index contributed by atoms with van der Waals surface area (Å²) in [6.45, 7) is 8.29. The molecule has 0 unspecified atom stereocenters. The number of hydrogen-bond donors (Lipinski definition) is 1. The molecule has 1 saturated heterocycles. The monoisotopic (exact) mass is 383 g/mol. The Morgan fingerprint density at radius 1 is 1.07 bits per heavy atom. The zero-order chi connectivity index (χ0) is 19.7. The van der Waals surface area contributed by atoms with Crippen molar-refractivity contribution in [3.05, 3.63) is 29.8 Å². The smallest absolute Gasteiger partial charge is 0.321 e. The van der Waals surface area contributed by atoms with Crippen molar-refractivity contribution < 1.29 is 4.79 Å². The number of likely N-dealkylation sites (tertiary alicyclic amines) is 1. The van der Waals surface area contributed by atoms with Crippen molar-refractivity contribution in [3.63, 3.8) is 0 Å². The Bertz CT molecular complexity index is 668. The van der Waals surface area contributed by atoms with Crippen molar-refractivity contribution in [1.29, 1.82) is 0 Å². The van der Waals surface area contributed by atoms with Gasteiger partial charge in [-0.2, -0.15) is 0 Å². The second-order valence-electron chi connectivity index (χ2n) is 10.2. The number of hydrogen-bond acceptors (Lipinski definition) is 2. The molecular formula is C24H37N3O. The van der Waals surface area contributed by atoms with Gasteiger partial charge in [-0.05, 0) is 79.9 Å². The fraction of sp³-hybridized carbons (Fsp3) is 0.708. The molecule has 2 aliphatic carbocycles. The SMILES string of the molecule is CN(C(=O)Nc1ccc(CC(C)(C)C2CC2)cc1)C1CCN(CC2CC2)CC1. The molecule has 1 aliphatic heterocycles. The van der Waals surface area contributed by atoms with Gasteiger partial charge in [0, 0.05) is 38.4 Å². The van der Waals surface area contributed by atoms with Crippen molar-refractivity contribution in [3.8, 4) is 0 Å². The molecule has 3 fully saturated rings. The number of rotatable bonds is 7. The lowest BCUT2D eigenvalue weighted by atomic mass is 9.81. The van der Waals surface area contributed by atoms with Gasteiger partial charge in [-0.1, -0.05) is 26.0 Å². The Morgan fingerprint density at radius 3 is 2.29 bits per heavy atom. The lowest BCUT2D eigenvalue weighted by Gasteiger charge is -2.36. The summed E-state index contributed by atoms with van der Waals surface area (Å²) in [7, 11) is 1.95. The molecule has 0 aromatic heterocycles. The number of benzene rings is 1. The van der Waals surface area contributed by atoms with Crippen LogP contribution in [0.25, 0.3) is 0 Å². The number of nitrogens with one attached hydrogen (secondary N) is 1. The largest absolute Gasteiger partial charge is 0.325 e. The average molecular weight is 384 g/mol. The van der Waals surface area contributed by atoms with Crippen LogP contribution in [0.4, 0.5) is 10.5 Å². The van der Waals surface area contributed by atoms with Crippen LogP contribution >= 0.6 is 0 Å². The molecule has 28 heavy (non-hydrogen) atoms. The van der Waals surface area contributed by atoms with Crippen LogP contribution in [0.3, 0.4) is 0 Å². The fourth-order valence-electron chi connectivity index (χ4n) is 4.77. The maximum Gasteiger partial charge on any atom is 0.321 e. The number of carbonyl (C=O) groups excluding carboxylic acids is 1. The van der Waals surface area contributed by atoms with Gasteiger partial charge in [0.15, 0.2) is 0 Å². The third-order valence-corrected chi connectivity index (χ3v) is 7.19. The number of amides is 2. The van der Waals surface area contributed by atoms with Gasteiger partial charge in [0.1, 0.15) is 0 Å². The van der Waals surface area contributed by atoms with E-state index in [-0.39, 0.29) is 6.03 Å². The molecule has 2 amide bonds. The van der Waals surface area contributed by atoms with Crippen LogP contribution in [0.15, 0.2) is 24.3 Å². The summed E-state index contributed by atoms with van der Waals surface area (Å²) < 4.78 is 0. The first-order valence-corrected chi connectivity index (χ1v) is 11.3. The summed E-state index contributed by atoms with van der Waals surface area (Å²) in [4.78, 5) is 17.2. The molecule has 0 bridgehead atoms. The molecule has 2 saturated carbocycles. The van der Waals surface area contributed by atoms with Gasteiger partial charge in [0.05, 0.1) is 0 Å². The summed E-state index contributed by atoms with van der Waals surface area (Å²) in [6, 6.07) is 8.84. The first kappa shape index (κ1) is 19.8. The molecule has 4 nitrogen and oxygen atoms in total. The second-order valence-corrected chi connectivity index (χ2v) is 10.2. The van der Waals surface area contributed by atoms with E-state index in [9.17, 15) is 4.79 Å². The van der Waals surface area contributed by atoms with Gasteiger partial charge in [-0.3, -0.25) is 0 Å². The van der Waals surface area contributed by atoms with Crippen LogP contribution in [0, 0.1) is 17.3 Å². The maximum atomic E-state index is 12.7. The summed E-state index contributed by atoms with van der Waals surface area (Å²) >= 11 is 0. The third kappa shape index (κ3) is 5.08. The summed E-state index contributed by atoms with van der Waals surface area (Å²) in [5.41, 5.74) is 2.65. The zero-order valence-electron chi connectivity index (χ0n) is 17.9. The predicted molar refractivity (Wildman–Crippen MR) is 116 cm³/mol. The molecule has 0 radical (unpaired) electrons. The van der Waals surface area contributed by atoms with E-state index in [4.69, 9.17) is 0 Å². The lowest BCUT2D eigenvalue weighted by molar-refractivity contribution is 0.138. The van der Waals surface area contributed by atoms with Crippen LogP contribution in [0.2, 0.25) is 0 Å². The third-order valence-electron chi connectivity index (χ3n) is 7.19. The van der Waals surface area contributed by atoms with E-state index in [0.717, 1.165) is 49.9 Å². The lowest BCUT2D eigenvalue weighted by Crippen LogP contribution is -2.47. The Hall–Kier alpha value is -1.55. The van der Waals surface area contributed by atoms with E-state index in [1.165, 1.54) is 37.8 Å². The van der Waals surface area contributed by atoms with Crippen LogP contribution in [0.5, 0.6) is 0 Å². The second kappa shape index (κ2) is 8.06. The first-order chi connectivity index (χ1) is 13.4. The highest BCUT2D eigenvalue weighted by Crippen LogP contribution is 2.47. The normalized spacial score (nSPS) is 21.5. The highest BCUT2D eigenvalue weighted by Gasteiger charge is 2.37. The molecular weight excluding hydrogens is 346 g/mol. The molecule has 1 aromatic rings. The Labute approximate surface area is 170 Å². The van der Waals surface area contributed by atoms with E-state index in [0.29, 0.717) is 11.5 Å². The predicted octanol–water partition coefficient (Wildman–Crippen LogP) is 5.00. The van der Waals surface area contributed by atoms with Crippen molar-refractivity contribution in [2.24, 2.45) is 17.3 Å². The van der Waals surface area contributed by atoms with E-state index in [2.05, 4.69) is 48.3 Å². The number of urea groups is 1. The summed E-state index contributed by atoms with van der Waals surface area (Å²) in [5, 5.41) is 3.09. The summed E-state index contributed by atoms with van der Waals surface area (Å²) in [6.07, 6.45) is 8.89. The minimum absolute atomic E-state index is 0.0201. The van der Waals surface area contributed by atoms with Crippen molar-refractivity contribution >= 4 is 11.7 Å². The van der Waals surface area contributed by atoms with Gasteiger partial charge in [0.2, 0.25) is 0 Å². The van der Waals surface area contributed by atoms with Gasteiger partial charge in [-0.25, -0.2) is 4.79 Å². The minimum atomic E-state index is 0.0201. The van der Waals surface area contributed by atoms with Crippen LogP contribution < -0.4 is 5.32 Å². The number of anilines is 1. The van der Waals surface area contributed by atoms with Crippen LogP contribution in [0.1, 0.15) is 57.9 Å². The van der Waals surface area contributed by atoms with E-state index >= 15 is 0 Å². The van der Waals surface area contributed by atoms with Crippen LogP contribution in [-0.4, -0.2) is 48.6 Å². The molecule has 154 valence electrons. The molecule has 4 rings (SSSR count). The molecule has 3 aliphatic rings. The topological polar surface area (TPSA) is 35.6 Å². The van der Waals surface area contributed by atoms with Gasteiger partial charge in [-0.15, -0.1) is 0 Å². The number of piperidine rings is 1. The van der Waals surface area contributed by atoms with Crippen molar-refractivity contribution in [2.45, 2.75) is 64.8 Å². The van der Waals surface area contributed by atoms with Crippen LogP contribution in [-0.2, 0) is 6.42 Å². The van der Waals surface area contributed by atoms with E-state index in [1.807, 2.05) is 11.9 Å². The minimum Gasteiger partial charge on any atom is -0.325 e. The Kier molecular flexibility index (Phi) is 5.69. The van der Waals surface area contributed by atoms with E-state index in [1.54, 1.807) is 0 Å². The molecule has 0 spiro atoms. The number of carbonyl (C=O) groups is 1. The molecule has 1 heterocycles. The Balaban J connectivity index is 1.24. The highest BCUT2D eigenvalue weighted by molar-refractivity contribution is 5.89. The maximum absolute atomic E-state index is 12.7. The fourth-order valence-corrected chi connectivity index (χ4v) is 4.77. The molecule has 1 aromatic carbocycles. The molecule has 4 heteroatoms. The van der Waals surface area contributed by atoms with Gasteiger partial charge >= 0.3 is 6.03 Å².